The molecule has 0 spiro atoms. The van der Waals surface area contributed by atoms with Crippen molar-refractivity contribution in [1.29, 1.82) is 0 Å². The number of benzene rings is 1. The highest BCUT2D eigenvalue weighted by Gasteiger charge is 2.26. The van der Waals surface area contributed by atoms with E-state index in [4.69, 9.17) is 5.73 Å². The van der Waals surface area contributed by atoms with Gasteiger partial charge in [-0.1, -0.05) is 18.2 Å². The summed E-state index contributed by atoms with van der Waals surface area (Å²) < 4.78 is 0. The molecule has 0 saturated heterocycles. The summed E-state index contributed by atoms with van der Waals surface area (Å²) in [5.41, 5.74) is 8.51. The molecule has 1 aliphatic carbocycles. The third kappa shape index (κ3) is 1.92. The zero-order chi connectivity index (χ0) is 10.9. The number of aliphatic hydroxyl groups is 1. The molecule has 15 heavy (non-hydrogen) atoms. The molecule has 2 heteroatoms. The van der Waals surface area contributed by atoms with Crippen LogP contribution in [0.5, 0.6) is 0 Å². The summed E-state index contributed by atoms with van der Waals surface area (Å²) in [7, 11) is 0. The third-order valence-corrected chi connectivity index (χ3v) is 3.37. The van der Waals surface area contributed by atoms with Crippen LogP contribution in [0, 0.1) is 0 Å². The Labute approximate surface area is 91.1 Å². The molecule has 1 aromatic rings. The van der Waals surface area contributed by atoms with Gasteiger partial charge in [0.2, 0.25) is 0 Å². The fraction of sp³-hybridized carbons (Fsp3) is 0.538. The van der Waals surface area contributed by atoms with Gasteiger partial charge in [0.25, 0.3) is 0 Å². The zero-order valence-corrected chi connectivity index (χ0v) is 9.29. The maximum absolute atomic E-state index is 10.2. The smallest absolute Gasteiger partial charge is 0.0992 e. The second kappa shape index (κ2) is 3.95. The van der Waals surface area contributed by atoms with Crippen molar-refractivity contribution in [1.82, 2.24) is 0 Å². The van der Waals surface area contributed by atoms with E-state index in [2.05, 4.69) is 6.07 Å². The Balaban J connectivity index is 2.48. The highest BCUT2D eigenvalue weighted by molar-refractivity contribution is 5.40. The first-order valence-electron chi connectivity index (χ1n) is 5.69. The quantitative estimate of drug-likeness (QED) is 0.772. The molecule has 0 aromatic heterocycles. The molecule has 2 rings (SSSR count). The van der Waals surface area contributed by atoms with Crippen LogP contribution in [0.1, 0.15) is 36.5 Å². The number of fused-ring (bicyclic) bond motifs is 1. The van der Waals surface area contributed by atoms with Gasteiger partial charge < -0.3 is 10.8 Å². The summed E-state index contributed by atoms with van der Waals surface area (Å²) in [5.74, 6) is 0. The monoisotopic (exact) mass is 205 g/mol. The van der Waals surface area contributed by atoms with E-state index >= 15 is 0 Å². The predicted octanol–water partition coefficient (Wildman–Crippen LogP) is 1.73. The summed E-state index contributed by atoms with van der Waals surface area (Å²) in [6, 6.07) is 6.21. The molecule has 0 bridgehead atoms. The number of aryl methyl sites for hydroxylation is 1. The molecular weight excluding hydrogens is 186 g/mol. The lowest BCUT2D eigenvalue weighted by atomic mass is 9.82. The molecule has 0 saturated carbocycles. The van der Waals surface area contributed by atoms with Gasteiger partial charge in [-0.2, -0.15) is 0 Å². The van der Waals surface area contributed by atoms with Crippen molar-refractivity contribution in [3.8, 4) is 0 Å². The van der Waals surface area contributed by atoms with Crippen LogP contribution in [0.3, 0.4) is 0 Å². The number of hydrogen-bond acceptors (Lipinski definition) is 2. The lowest BCUT2D eigenvalue weighted by Crippen LogP contribution is -2.33. The fourth-order valence-corrected chi connectivity index (χ4v) is 2.40. The first-order chi connectivity index (χ1) is 7.15. The number of rotatable bonds is 2. The molecule has 1 aromatic carbocycles. The summed E-state index contributed by atoms with van der Waals surface area (Å²) in [5, 5.41) is 10.2. The van der Waals surface area contributed by atoms with E-state index in [0.717, 1.165) is 18.4 Å². The Kier molecular flexibility index (Phi) is 2.81. The Morgan fingerprint density at radius 3 is 2.80 bits per heavy atom. The Bertz CT molecular complexity index is 358. The van der Waals surface area contributed by atoms with Crippen molar-refractivity contribution in [2.75, 3.05) is 6.54 Å². The SMILES string of the molecule is CC(O)(CN)c1cccc2c1CCCC2. The first kappa shape index (κ1) is 10.7. The van der Waals surface area contributed by atoms with E-state index in [1.807, 2.05) is 12.1 Å². The van der Waals surface area contributed by atoms with Crippen molar-refractivity contribution in [3.63, 3.8) is 0 Å². The number of hydrogen-bond donors (Lipinski definition) is 2. The number of nitrogens with two attached hydrogens (primary N) is 1. The minimum Gasteiger partial charge on any atom is -0.384 e. The van der Waals surface area contributed by atoms with Crippen LogP contribution in [0.2, 0.25) is 0 Å². The van der Waals surface area contributed by atoms with E-state index in [0.29, 0.717) is 0 Å². The van der Waals surface area contributed by atoms with Crippen molar-refractivity contribution in [3.05, 3.63) is 34.9 Å². The van der Waals surface area contributed by atoms with Gasteiger partial charge in [0.1, 0.15) is 0 Å². The average Bonchev–Trinajstić information content (AvgIpc) is 2.28. The summed E-state index contributed by atoms with van der Waals surface area (Å²) in [4.78, 5) is 0. The van der Waals surface area contributed by atoms with E-state index < -0.39 is 5.60 Å². The van der Waals surface area contributed by atoms with Crippen LogP contribution in [-0.2, 0) is 18.4 Å². The molecule has 3 N–H and O–H groups in total. The molecule has 1 atom stereocenters. The minimum absolute atomic E-state index is 0.281. The van der Waals surface area contributed by atoms with E-state index in [9.17, 15) is 5.11 Å². The van der Waals surface area contributed by atoms with E-state index in [1.165, 1.54) is 24.0 Å². The van der Waals surface area contributed by atoms with Gasteiger partial charge in [0, 0.05) is 6.54 Å². The van der Waals surface area contributed by atoms with Gasteiger partial charge >= 0.3 is 0 Å². The molecule has 1 aliphatic rings. The van der Waals surface area contributed by atoms with Crippen LogP contribution >= 0.6 is 0 Å². The highest BCUT2D eigenvalue weighted by atomic mass is 16.3. The van der Waals surface area contributed by atoms with Crippen molar-refractivity contribution >= 4 is 0 Å². The molecule has 2 nitrogen and oxygen atoms in total. The molecule has 1 unspecified atom stereocenters. The van der Waals surface area contributed by atoms with Gasteiger partial charge in [-0.3, -0.25) is 0 Å². The van der Waals surface area contributed by atoms with Gasteiger partial charge in [-0.25, -0.2) is 0 Å². The van der Waals surface area contributed by atoms with Crippen LogP contribution in [0.25, 0.3) is 0 Å². The van der Waals surface area contributed by atoms with Gasteiger partial charge in [-0.15, -0.1) is 0 Å². The van der Waals surface area contributed by atoms with Crippen molar-refractivity contribution in [2.24, 2.45) is 5.73 Å². The lowest BCUT2D eigenvalue weighted by Gasteiger charge is -2.28. The van der Waals surface area contributed by atoms with Crippen molar-refractivity contribution in [2.45, 2.75) is 38.2 Å². The first-order valence-corrected chi connectivity index (χ1v) is 5.69. The normalized spacial score (nSPS) is 19.4. The molecule has 0 radical (unpaired) electrons. The van der Waals surface area contributed by atoms with Gasteiger partial charge in [-0.05, 0) is 49.3 Å². The van der Waals surface area contributed by atoms with E-state index in [1.54, 1.807) is 6.92 Å². The second-order valence-corrected chi connectivity index (χ2v) is 4.63. The lowest BCUT2D eigenvalue weighted by molar-refractivity contribution is 0.0656. The van der Waals surface area contributed by atoms with Crippen LogP contribution in [-0.4, -0.2) is 11.7 Å². The molecule has 0 fully saturated rings. The Morgan fingerprint density at radius 1 is 1.33 bits per heavy atom. The van der Waals surface area contributed by atoms with Crippen LogP contribution in [0.4, 0.5) is 0 Å². The van der Waals surface area contributed by atoms with E-state index in [-0.39, 0.29) is 6.54 Å². The van der Waals surface area contributed by atoms with Crippen molar-refractivity contribution < 1.29 is 5.11 Å². The third-order valence-electron chi connectivity index (χ3n) is 3.37. The standard InChI is InChI=1S/C13H19NO/c1-13(15,9-14)12-8-4-6-10-5-2-3-7-11(10)12/h4,6,8,15H,2-3,5,7,9,14H2,1H3. The Morgan fingerprint density at radius 2 is 2.07 bits per heavy atom. The van der Waals surface area contributed by atoms with Crippen LogP contribution in [0.15, 0.2) is 18.2 Å². The summed E-state index contributed by atoms with van der Waals surface area (Å²) in [6.45, 7) is 2.08. The molecule has 82 valence electrons. The zero-order valence-electron chi connectivity index (χ0n) is 9.29. The molecule has 0 amide bonds. The van der Waals surface area contributed by atoms with Gasteiger partial charge in [0.05, 0.1) is 5.60 Å². The average molecular weight is 205 g/mol. The molecular formula is C13H19NO. The topological polar surface area (TPSA) is 46.2 Å². The largest absolute Gasteiger partial charge is 0.384 e. The van der Waals surface area contributed by atoms with Crippen LogP contribution < -0.4 is 5.73 Å². The molecule has 0 aliphatic heterocycles. The minimum atomic E-state index is -0.872. The fourth-order valence-electron chi connectivity index (χ4n) is 2.40. The van der Waals surface area contributed by atoms with Gasteiger partial charge in [0.15, 0.2) is 0 Å². The molecule has 0 heterocycles. The maximum atomic E-state index is 10.2. The summed E-state index contributed by atoms with van der Waals surface area (Å²) >= 11 is 0. The summed E-state index contributed by atoms with van der Waals surface area (Å²) in [6.07, 6.45) is 4.72. The second-order valence-electron chi connectivity index (χ2n) is 4.63. The predicted molar refractivity (Wildman–Crippen MR) is 61.7 cm³/mol. The Hall–Kier alpha value is -0.860. The maximum Gasteiger partial charge on any atom is 0.0992 e. The highest BCUT2D eigenvalue weighted by Crippen LogP contribution is 2.30.